The number of likely N-dealkylation sites (tertiary alicyclic amines) is 1. The van der Waals surface area contributed by atoms with E-state index in [4.69, 9.17) is 19.4 Å². The van der Waals surface area contributed by atoms with Gasteiger partial charge in [0.2, 0.25) is 0 Å². The molecular formula is C27H34F4N4O6. The van der Waals surface area contributed by atoms with Gasteiger partial charge in [0.15, 0.2) is 5.69 Å². The lowest BCUT2D eigenvalue weighted by atomic mass is 9.90. The number of piperidine rings is 1. The van der Waals surface area contributed by atoms with E-state index in [1.54, 1.807) is 17.0 Å². The molecule has 0 spiro atoms. The fraction of sp³-hybridized carbons (Fsp3) is 0.519. The average molecular weight is 587 g/mol. The number of nitrogens with zero attached hydrogens (tertiary/aromatic N) is 3. The zero-order valence-corrected chi connectivity index (χ0v) is 23.4. The van der Waals surface area contributed by atoms with Crippen molar-refractivity contribution in [2.24, 2.45) is 5.92 Å². The summed E-state index contributed by atoms with van der Waals surface area (Å²) in [5, 5.41) is 10.6. The van der Waals surface area contributed by atoms with E-state index in [2.05, 4.69) is 22.2 Å². The first kappa shape index (κ1) is 33.2. The van der Waals surface area contributed by atoms with Crippen molar-refractivity contribution in [3.05, 3.63) is 53.2 Å². The minimum Gasteiger partial charge on any atom is -0.475 e. The van der Waals surface area contributed by atoms with Gasteiger partial charge in [0.25, 0.3) is 0 Å². The number of aromatic nitrogens is 2. The first-order valence-electron chi connectivity index (χ1n) is 12.8. The SMILES string of the molecule is CC[C@@H]1CN(C(=O)OC(C)(C)C)CC[C@H]1Nc1ncc(C(=O)OC)nc1Cc1ccc(F)cc1.O=C(O)C(F)(F)F. The Morgan fingerprint density at radius 3 is 2.27 bits per heavy atom. The molecule has 10 nitrogen and oxygen atoms in total. The lowest BCUT2D eigenvalue weighted by molar-refractivity contribution is -0.192. The van der Waals surface area contributed by atoms with Crippen molar-refractivity contribution >= 4 is 23.8 Å². The van der Waals surface area contributed by atoms with Gasteiger partial charge < -0.3 is 24.8 Å². The Labute approximate surface area is 235 Å². The zero-order chi connectivity index (χ0) is 31.0. The summed E-state index contributed by atoms with van der Waals surface area (Å²) >= 11 is 0. The Morgan fingerprint density at radius 2 is 1.76 bits per heavy atom. The van der Waals surface area contributed by atoms with Crippen molar-refractivity contribution in [1.82, 2.24) is 14.9 Å². The third-order valence-electron chi connectivity index (χ3n) is 6.00. The Balaban J connectivity index is 0.000000745. The Bertz CT molecular complexity index is 1200. The van der Waals surface area contributed by atoms with Gasteiger partial charge >= 0.3 is 24.2 Å². The highest BCUT2D eigenvalue weighted by atomic mass is 19.4. The van der Waals surface area contributed by atoms with Crippen molar-refractivity contribution in [3.8, 4) is 0 Å². The zero-order valence-electron chi connectivity index (χ0n) is 23.4. The molecule has 1 aliphatic heterocycles. The Hall–Kier alpha value is -3.97. The molecule has 1 amide bonds. The van der Waals surface area contributed by atoms with Crippen LogP contribution in [-0.4, -0.2) is 76.0 Å². The number of carboxylic acid groups (broad SMARTS) is 1. The number of amides is 1. The van der Waals surface area contributed by atoms with E-state index in [-0.39, 0.29) is 29.6 Å². The smallest absolute Gasteiger partial charge is 0.475 e. The van der Waals surface area contributed by atoms with Crippen molar-refractivity contribution in [2.75, 3.05) is 25.5 Å². The van der Waals surface area contributed by atoms with Crippen molar-refractivity contribution in [1.29, 1.82) is 0 Å². The molecule has 14 heteroatoms. The summed E-state index contributed by atoms with van der Waals surface area (Å²) in [4.78, 5) is 44.2. The number of methoxy groups -OCH3 is 1. The fourth-order valence-electron chi connectivity index (χ4n) is 3.97. The number of hydrogen-bond donors (Lipinski definition) is 2. The molecule has 0 bridgehead atoms. The van der Waals surface area contributed by atoms with Gasteiger partial charge in [-0.3, -0.25) is 0 Å². The number of halogens is 4. The van der Waals surface area contributed by atoms with Crippen LogP contribution in [0.4, 0.5) is 28.2 Å². The molecule has 2 N–H and O–H groups in total. The van der Waals surface area contributed by atoms with Crippen LogP contribution in [0.5, 0.6) is 0 Å². The second-order valence-electron chi connectivity index (χ2n) is 10.3. The lowest BCUT2D eigenvalue weighted by Crippen LogP contribution is -2.49. The number of nitrogens with one attached hydrogen (secondary N) is 1. The number of rotatable bonds is 6. The molecule has 1 aromatic carbocycles. The summed E-state index contributed by atoms with van der Waals surface area (Å²) in [7, 11) is 1.29. The molecule has 0 saturated carbocycles. The van der Waals surface area contributed by atoms with Crippen LogP contribution < -0.4 is 5.32 Å². The minimum atomic E-state index is -5.08. The van der Waals surface area contributed by atoms with Gasteiger partial charge in [-0.1, -0.05) is 19.1 Å². The first-order valence-corrected chi connectivity index (χ1v) is 12.8. The van der Waals surface area contributed by atoms with Crippen LogP contribution in [-0.2, 0) is 20.7 Å². The maximum atomic E-state index is 13.4. The lowest BCUT2D eigenvalue weighted by Gasteiger charge is -2.39. The Morgan fingerprint density at radius 1 is 1.15 bits per heavy atom. The van der Waals surface area contributed by atoms with E-state index in [0.29, 0.717) is 37.4 Å². The summed E-state index contributed by atoms with van der Waals surface area (Å²) in [6.45, 7) is 8.79. The van der Waals surface area contributed by atoms with Gasteiger partial charge in [-0.05, 0) is 57.2 Å². The monoisotopic (exact) mass is 586 g/mol. The number of aliphatic carboxylic acids is 1. The first-order chi connectivity index (χ1) is 19.0. The highest BCUT2D eigenvalue weighted by molar-refractivity contribution is 5.87. The third kappa shape index (κ3) is 10.5. The Kier molecular flexibility index (Phi) is 11.4. The highest BCUT2D eigenvalue weighted by Gasteiger charge is 2.38. The van der Waals surface area contributed by atoms with Crippen LogP contribution in [0.2, 0.25) is 0 Å². The maximum Gasteiger partial charge on any atom is 0.490 e. The van der Waals surface area contributed by atoms with Crippen molar-refractivity contribution in [3.63, 3.8) is 0 Å². The normalized spacial score (nSPS) is 17.1. The van der Waals surface area contributed by atoms with E-state index in [0.717, 1.165) is 12.0 Å². The third-order valence-corrected chi connectivity index (χ3v) is 6.00. The minimum absolute atomic E-state index is 0.0638. The molecule has 3 rings (SSSR count). The largest absolute Gasteiger partial charge is 0.490 e. The molecule has 2 aromatic rings. The van der Waals surface area contributed by atoms with Crippen molar-refractivity contribution < 1.29 is 46.5 Å². The molecule has 226 valence electrons. The van der Waals surface area contributed by atoms with Crippen LogP contribution in [0.3, 0.4) is 0 Å². The summed E-state index contributed by atoms with van der Waals surface area (Å²) in [6.07, 6.45) is -2.05. The maximum absolute atomic E-state index is 13.4. The number of hydrogen-bond acceptors (Lipinski definition) is 8. The molecule has 1 aliphatic rings. The molecule has 0 aliphatic carbocycles. The van der Waals surface area contributed by atoms with E-state index < -0.39 is 23.7 Å². The van der Waals surface area contributed by atoms with Crippen molar-refractivity contribution in [2.45, 2.75) is 64.8 Å². The predicted molar refractivity (Wildman–Crippen MR) is 140 cm³/mol. The quantitative estimate of drug-likeness (QED) is 0.352. The second kappa shape index (κ2) is 14.1. The molecule has 2 heterocycles. The molecule has 41 heavy (non-hydrogen) atoms. The number of carboxylic acids is 1. The van der Waals surface area contributed by atoms with Gasteiger partial charge in [-0.25, -0.2) is 28.7 Å². The van der Waals surface area contributed by atoms with E-state index in [1.807, 2.05) is 20.8 Å². The molecule has 1 saturated heterocycles. The summed E-state index contributed by atoms with van der Waals surface area (Å²) in [5.74, 6) is -2.91. The standard InChI is InChI=1S/C25H33FN4O4.C2HF3O2/c1-6-17-15-30(24(32)34-25(2,3)4)12-11-19(17)29-22-20(13-16-7-9-18(26)10-8-16)28-21(14-27-22)23(31)33-5;3-2(4,5)1(6)7/h7-10,14,17,19H,6,11-13,15H2,1-5H3,(H,27,29);(H,6,7)/t17-,19-;/m1./s1. The summed E-state index contributed by atoms with van der Waals surface area (Å²) in [6, 6.07) is 6.20. The average Bonchev–Trinajstić information content (AvgIpc) is 2.89. The van der Waals surface area contributed by atoms with E-state index >= 15 is 0 Å². The molecule has 0 radical (unpaired) electrons. The van der Waals surface area contributed by atoms with Gasteiger partial charge in [-0.2, -0.15) is 13.2 Å². The molecule has 2 atom stereocenters. The number of benzene rings is 1. The summed E-state index contributed by atoms with van der Waals surface area (Å²) in [5.41, 5.74) is 0.976. The fourth-order valence-corrected chi connectivity index (χ4v) is 3.97. The number of anilines is 1. The van der Waals surface area contributed by atoms with Crippen LogP contribution in [0.15, 0.2) is 30.5 Å². The van der Waals surface area contributed by atoms with Crippen LogP contribution in [0.1, 0.15) is 62.3 Å². The number of alkyl halides is 3. The number of carbonyl (C=O) groups excluding carboxylic acids is 2. The number of esters is 1. The van der Waals surface area contributed by atoms with Crippen LogP contribution in [0, 0.1) is 11.7 Å². The number of ether oxygens (including phenoxy) is 2. The molecule has 0 unspecified atom stereocenters. The molecule has 1 fully saturated rings. The van der Waals surface area contributed by atoms with E-state index in [9.17, 15) is 27.2 Å². The van der Waals surface area contributed by atoms with Gasteiger partial charge in [0.1, 0.15) is 17.2 Å². The van der Waals surface area contributed by atoms with Gasteiger partial charge in [0.05, 0.1) is 19.0 Å². The summed E-state index contributed by atoms with van der Waals surface area (Å²) < 4.78 is 55.4. The highest BCUT2D eigenvalue weighted by Crippen LogP contribution is 2.26. The molecular weight excluding hydrogens is 552 g/mol. The van der Waals surface area contributed by atoms with Gasteiger partial charge in [0, 0.05) is 25.6 Å². The number of carbonyl (C=O) groups is 3. The van der Waals surface area contributed by atoms with Crippen LogP contribution in [0.25, 0.3) is 0 Å². The van der Waals surface area contributed by atoms with Gasteiger partial charge in [-0.15, -0.1) is 0 Å². The van der Waals surface area contributed by atoms with Crippen LogP contribution >= 0.6 is 0 Å². The topological polar surface area (TPSA) is 131 Å². The second-order valence-corrected chi connectivity index (χ2v) is 10.3. The van der Waals surface area contributed by atoms with E-state index in [1.165, 1.54) is 25.4 Å². The molecule has 1 aromatic heterocycles. The predicted octanol–water partition coefficient (Wildman–Crippen LogP) is 5.07.